The van der Waals surface area contributed by atoms with Crippen LogP contribution in [0.1, 0.15) is 24.8 Å². The van der Waals surface area contributed by atoms with E-state index in [0.29, 0.717) is 0 Å². The maximum absolute atomic E-state index is 12.6. The van der Waals surface area contributed by atoms with Crippen LogP contribution in [0.4, 0.5) is 26.3 Å². The molecule has 0 bridgehead atoms. The second-order valence-electron chi connectivity index (χ2n) is 5.06. The first kappa shape index (κ1) is 21.7. The Morgan fingerprint density at radius 1 is 0.960 bits per heavy atom. The van der Waals surface area contributed by atoms with Gasteiger partial charge in [0.25, 0.3) is 0 Å². The van der Waals surface area contributed by atoms with E-state index in [0.717, 1.165) is 5.56 Å². The topological polar surface area (TPSA) is 52.6 Å². The van der Waals surface area contributed by atoms with Crippen LogP contribution in [-0.2, 0) is 25.6 Å². The normalized spacial score (nSPS) is 14.5. The van der Waals surface area contributed by atoms with Crippen molar-refractivity contribution in [3.8, 4) is 0 Å². The zero-order valence-corrected chi connectivity index (χ0v) is 13.6. The molecule has 0 aliphatic rings. The molecule has 1 unspecified atom stereocenters. The third-order valence-corrected chi connectivity index (χ3v) is 4.06. The van der Waals surface area contributed by atoms with E-state index in [1.54, 1.807) is 30.3 Å². The number of unbranched alkanes of at least 4 members (excludes halogenated alkanes) is 1. The molecule has 4 nitrogen and oxygen atoms in total. The summed E-state index contributed by atoms with van der Waals surface area (Å²) in [5.74, 6) is 0. The summed E-state index contributed by atoms with van der Waals surface area (Å²) in [6.07, 6.45) is -9.31. The number of benzene rings is 1. The van der Waals surface area contributed by atoms with Crippen molar-refractivity contribution in [2.45, 2.75) is 43.7 Å². The van der Waals surface area contributed by atoms with E-state index in [4.69, 9.17) is 4.74 Å². The van der Waals surface area contributed by atoms with Crippen LogP contribution in [0.2, 0.25) is 0 Å². The first-order valence-corrected chi connectivity index (χ1v) is 8.52. The van der Waals surface area contributed by atoms with Gasteiger partial charge in [0.15, 0.2) is 6.10 Å². The minimum Gasteiger partial charge on any atom is -0.377 e. The second-order valence-corrected chi connectivity index (χ2v) is 6.62. The van der Waals surface area contributed by atoms with Gasteiger partial charge in [-0.25, -0.2) is 0 Å². The van der Waals surface area contributed by atoms with Crippen LogP contribution in [0.15, 0.2) is 30.3 Å². The van der Waals surface area contributed by atoms with Crippen LogP contribution in [-0.4, -0.2) is 32.8 Å². The van der Waals surface area contributed by atoms with Crippen molar-refractivity contribution in [2.24, 2.45) is 0 Å². The first-order chi connectivity index (χ1) is 11.4. The highest BCUT2D eigenvalue weighted by molar-refractivity contribution is 7.87. The van der Waals surface area contributed by atoms with Gasteiger partial charge in [0.1, 0.15) is 0 Å². The third-order valence-electron chi connectivity index (χ3n) is 3.01. The average Bonchev–Trinajstić information content (AvgIpc) is 2.48. The van der Waals surface area contributed by atoms with Gasteiger partial charge in [-0.15, -0.1) is 0 Å². The molecule has 0 spiro atoms. The lowest BCUT2D eigenvalue weighted by Gasteiger charge is -2.20. The lowest BCUT2D eigenvalue weighted by Crippen LogP contribution is -2.38. The Balaban J connectivity index is 2.42. The smallest absolute Gasteiger partial charge is 0.377 e. The molecule has 0 saturated carbocycles. The van der Waals surface area contributed by atoms with Crippen LogP contribution in [0.3, 0.4) is 0 Å². The fourth-order valence-corrected chi connectivity index (χ4v) is 2.39. The Morgan fingerprint density at radius 3 is 2.08 bits per heavy atom. The number of hydrogen-bond donors (Lipinski definition) is 0. The molecule has 11 heteroatoms. The van der Waals surface area contributed by atoms with Crippen molar-refractivity contribution in [1.29, 1.82) is 0 Å². The van der Waals surface area contributed by atoms with E-state index in [1.807, 2.05) is 0 Å². The number of alkyl halides is 6. The van der Waals surface area contributed by atoms with Crippen LogP contribution >= 0.6 is 0 Å². The van der Waals surface area contributed by atoms with Crippen molar-refractivity contribution in [2.75, 3.05) is 6.61 Å². The number of halogens is 6. The van der Waals surface area contributed by atoms with E-state index in [2.05, 4.69) is 4.18 Å². The molecule has 0 N–H and O–H groups in total. The third kappa shape index (κ3) is 7.61. The van der Waals surface area contributed by atoms with E-state index in [1.165, 1.54) is 0 Å². The summed E-state index contributed by atoms with van der Waals surface area (Å²) >= 11 is 0. The van der Waals surface area contributed by atoms with Crippen LogP contribution in [0, 0.1) is 0 Å². The molecule has 0 aromatic heterocycles. The van der Waals surface area contributed by atoms with Crippen LogP contribution in [0.5, 0.6) is 0 Å². The Kier molecular flexibility index (Phi) is 7.69. The van der Waals surface area contributed by atoms with Crippen LogP contribution < -0.4 is 0 Å². The van der Waals surface area contributed by atoms with Gasteiger partial charge in [0.2, 0.25) is 0 Å². The van der Waals surface area contributed by atoms with E-state index in [-0.39, 0.29) is 26.1 Å². The van der Waals surface area contributed by atoms with Crippen molar-refractivity contribution >= 4 is 10.1 Å². The van der Waals surface area contributed by atoms with E-state index in [9.17, 15) is 34.8 Å². The Bertz CT molecular complexity index is 612. The summed E-state index contributed by atoms with van der Waals surface area (Å²) in [6, 6.07) is 8.94. The minimum atomic E-state index is -6.31. The van der Waals surface area contributed by atoms with Crippen molar-refractivity contribution < 1.29 is 43.7 Å². The fraction of sp³-hybridized carbons (Fsp3) is 0.571. The van der Waals surface area contributed by atoms with Crippen LogP contribution in [0.25, 0.3) is 0 Å². The molecule has 0 amide bonds. The number of rotatable bonds is 9. The molecule has 144 valence electrons. The maximum atomic E-state index is 12.6. The summed E-state index contributed by atoms with van der Waals surface area (Å²) in [7, 11) is -6.31. The lowest BCUT2D eigenvalue weighted by molar-refractivity contribution is -0.199. The predicted molar refractivity (Wildman–Crippen MR) is 75.9 cm³/mol. The summed E-state index contributed by atoms with van der Waals surface area (Å²) in [5.41, 5.74) is -5.05. The molecule has 0 radical (unpaired) electrons. The maximum Gasteiger partial charge on any atom is 0.523 e. The molecule has 0 fully saturated rings. The molecular formula is C14H16F6O4S. The van der Waals surface area contributed by atoms with Gasteiger partial charge in [0, 0.05) is 6.61 Å². The SMILES string of the molecule is O=S(=O)(OC(CCCCOCc1ccccc1)C(F)(F)F)C(F)(F)F. The van der Waals surface area contributed by atoms with Gasteiger partial charge in [-0.2, -0.15) is 34.8 Å². The molecule has 0 saturated heterocycles. The minimum absolute atomic E-state index is 0.0749. The monoisotopic (exact) mass is 394 g/mol. The van der Waals surface area contributed by atoms with Crippen molar-refractivity contribution in [3.63, 3.8) is 0 Å². The predicted octanol–water partition coefficient (Wildman–Crippen LogP) is 4.17. The van der Waals surface area contributed by atoms with E-state index >= 15 is 0 Å². The molecule has 1 rings (SSSR count). The summed E-state index contributed by atoms with van der Waals surface area (Å²) in [4.78, 5) is 0. The van der Waals surface area contributed by atoms with Gasteiger partial charge in [-0.1, -0.05) is 30.3 Å². The number of hydrogen-bond acceptors (Lipinski definition) is 4. The lowest BCUT2D eigenvalue weighted by atomic mass is 10.1. The molecule has 1 aromatic carbocycles. The largest absolute Gasteiger partial charge is 0.523 e. The highest BCUT2D eigenvalue weighted by Crippen LogP contribution is 2.33. The van der Waals surface area contributed by atoms with Gasteiger partial charge < -0.3 is 4.74 Å². The van der Waals surface area contributed by atoms with E-state index < -0.39 is 34.3 Å². The quantitative estimate of drug-likeness (QED) is 0.273. The van der Waals surface area contributed by atoms with Gasteiger partial charge in [-0.3, -0.25) is 4.18 Å². The zero-order valence-electron chi connectivity index (χ0n) is 12.8. The molecule has 25 heavy (non-hydrogen) atoms. The molecule has 0 heterocycles. The Hall–Kier alpha value is -1.33. The standard InChI is InChI=1S/C14H16F6O4S/c15-13(16,17)12(24-25(21,22)14(18,19)20)8-4-5-9-23-10-11-6-2-1-3-7-11/h1-3,6-7,12H,4-5,8-10H2. The average molecular weight is 394 g/mol. The molecule has 0 aliphatic carbocycles. The summed E-state index contributed by atoms with van der Waals surface area (Å²) in [6.45, 7) is 0.313. The van der Waals surface area contributed by atoms with Gasteiger partial charge in [0.05, 0.1) is 6.61 Å². The molecule has 0 aliphatic heterocycles. The van der Waals surface area contributed by atoms with Crippen molar-refractivity contribution in [1.82, 2.24) is 0 Å². The fourth-order valence-electron chi connectivity index (χ4n) is 1.77. The van der Waals surface area contributed by atoms with Gasteiger partial charge >= 0.3 is 21.8 Å². The molecule has 1 aromatic rings. The molecule has 1 atom stereocenters. The van der Waals surface area contributed by atoms with Crippen molar-refractivity contribution in [3.05, 3.63) is 35.9 Å². The highest BCUT2D eigenvalue weighted by atomic mass is 32.2. The summed E-state index contributed by atoms with van der Waals surface area (Å²) in [5, 5.41) is 0. The van der Waals surface area contributed by atoms with Gasteiger partial charge in [-0.05, 0) is 24.8 Å². The first-order valence-electron chi connectivity index (χ1n) is 7.11. The zero-order chi connectivity index (χ0) is 19.1. The summed E-state index contributed by atoms with van der Waals surface area (Å²) < 4.78 is 104. The Labute approximate surface area is 140 Å². The molecular weight excluding hydrogens is 378 g/mol. The highest BCUT2D eigenvalue weighted by Gasteiger charge is 2.53. The Morgan fingerprint density at radius 2 is 1.56 bits per heavy atom. The second kappa shape index (κ2) is 8.86. The number of ether oxygens (including phenoxy) is 1.